The van der Waals surface area contributed by atoms with Crippen molar-refractivity contribution in [3.8, 4) is 0 Å². The Bertz CT molecular complexity index is 1180. The minimum atomic E-state index is -0.213. The normalized spacial score (nSPS) is 11.3. The third-order valence-electron chi connectivity index (χ3n) is 4.57. The third kappa shape index (κ3) is 3.88. The standard InChI is InChI=1S/C21H21N5O2S/c1-12(2)17-11-16(18-13(3)25-28-20(18)24-17)19(27)23-14-5-7-15(8-6-14)29-21-22-9-10-26(21)4/h5-12H,1-4H3,(H,23,27). The number of rotatable bonds is 5. The Labute approximate surface area is 172 Å². The zero-order valence-corrected chi connectivity index (χ0v) is 17.4. The van der Waals surface area contributed by atoms with Crippen molar-refractivity contribution >= 4 is 34.5 Å². The van der Waals surface area contributed by atoms with Crippen molar-refractivity contribution < 1.29 is 9.32 Å². The molecule has 0 aliphatic rings. The van der Waals surface area contributed by atoms with Crippen LogP contribution in [0.3, 0.4) is 0 Å². The van der Waals surface area contributed by atoms with Gasteiger partial charge in [0.15, 0.2) is 5.16 Å². The van der Waals surface area contributed by atoms with Gasteiger partial charge < -0.3 is 14.4 Å². The molecule has 4 rings (SSSR count). The number of anilines is 1. The number of nitrogens with zero attached hydrogens (tertiary/aromatic N) is 4. The lowest BCUT2D eigenvalue weighted by Gasteiger charge is -2.10. The van der Waals surface area contributed by atoms with Gasteiger partial charge in [0.25, 0.3) is 11.6 Å². The highest BCUT2D eigenvalue weighted by molar-refractivity contribution is 7.99. The lowest BCUT2D eigenvalue weighted by atomic mass is 10.0. The van der Waals surface area contributed by atoms with Gasteiger partial charge in [-0.15, -0.1) is 0 Å². The summed E-state index contributed by atoms with van der Waals surface area (Å²) in [5.41, 5.74) is 3.06. The van der Waals surface area contributed by atoms with Crippen LogP contribution in [0, 0.1) is 6.92 Å². The molecule has 0 bridgehead atoms. The molecule has 0 saturated carbocycles. The first-order chi connectivity index (χ1) is 13.9. The molecular weight excluding hydrogens is 386 g/mol. The van der Waals surface area contributed by atoms with Crippen LogP contribution < -0.4 is 5.32 Å². The molecule has 29 heavy (non-hydrogen) atoms. The van der Waals surface area contributed by atoms with Gasteiger partial charge in [0.1, 0.15) is 0 Å². The second kappa shape index (κ2) is 7.71. The van der Waals surface area contributed by atoms with Gasteiger partial charge in [-0.25, -0.2) is 9.97 Å². The number of carbonyl (C=O) groups excluding carboxylic acids is 1. The fraction of sp³-hybridized carbons (Fsp3) is 0.238. The number of hydrogen-bond acceptors (Lipinski definition) is 6. The Morgan fingerprint density at radius 1 is 1.24 bits per heavy atom. The highest BCUT2D eigenvalue weighted by atomic mass is 32.2. The van der Waals surface area contributed by atoms with Gasteiger partial charge in [-0.1, -0.05) is 30.8 Å². The second-order valence-electron chi connectivity index (χ2n) is 7.10. The SMILES string of the molecule is Cc1noc2nc(C(C)C)cc(C(=O)Nc3ccc(Sc4nccn4C)cc3)c12. The maximum Gasteiger partial charge on any atom is 0.259 e. The summed E-state index contributed by atoms with van der Waals surface area (Å²) in [6, 6.07) is 9.50. The molecule has 3 aromatic heterocycles. The highest BCUT2D eigenvalue weighted by Crippen LogP contribution is 2.28. The van der Waals surface area contributed by atoms with Crippen molar-refractivity contribution in [2.45, 2.75) is 36.7 Å². The van der Waals surface area contributed by atoms with Gasteiger partial charge in [0.2, 0.25) is 0 Å². The van der Waals surface area contributed by atoms with Crippen molar-refractivity contribution in [2.24, 2.45) is 7.05 Å². The van der Waals surface area contributed by atoms with Crippen LogP contribution in [0.1, 0.15) is 41.5 Å². The predicted octanol–water partition coefficient (Wildman–Crippen LogP) is 4.79. The van der Waals surface area contributed by atoms with E-state index in [9.17, 15) is 4.79 Å². The molecule has 0 saturated heterocycles. The summed E-state index contributed by atoms with van der Waals surface area (Å²) in [5.74, 6) is -0.0473. The van der Waals surface area contributed by atoms with Crippen LogP contribution in [0.4, 0.5) is 5.69 Å². The average Bonchev–Trinajstić information content (AvgIpc) is 3.28. The first kappa shape index (κ1) is 19.2. The first-order valence-electron chi connectivity index (χ1n) is 9.26. The van der Waals surface area contributed by atoms with Gasteiger partial charge in [0.05, 0.1) is 16.6 Å². The molecule has 0 spiro atoms. The average molecular weight is 407 g/mol. The molecule has 0 unspecified atom stereocenters. The van der Waals surface area contributed by atoms with Crippen LogP contribution in [0.15, 0.2) is 57.3 Å². The summed E-state index contributed by atoms with van der Waals surface area (Å²) >= 11 is 1.57. The van der Waals surface area contributed by atoms with E-state index >= 15 is 0 Å². The topological polar surface area (TPSA) is 85.8 Å². The minimum Gasteiger partial charge on any atom is -0.336 e. The summed E-state index contributed by atoms with van der Waals surface area (Å²) in [5, 5.41) is 8.49. The number of carbonyl (C=O) groups is 1. The number of hydrogen-bond donors (Lipinski definition) is 1. The number of pyridine rings is 1. The fourth-order valence-corrected chi connectivity index (χ4v) is 3.75. The molecule has 0 fully saturated rings. The Hall–Kier alpha value is -3.13. The zero-order chi connectivity index (χ0) is 20.5. The summed E-state index contributed by atoms with van der Waals surface area (Å²) in [7, 11) is 1.96. The van der Waals surface area contributed by atoms with Crippen LogP contribution in [-0.4, -0.2) is 25.6 Å². The van der Waals surface area contributed by atoms with Crippen molar-refractivity contribution in [1.29, 1.82) is 0 Å². The number of fused-ring (bicyclic) bond motifs is 1. The van der Waals surface area contributed by atoms with Crippen LogP contribution in [0.5, 0.6) is 0 Å². The molecular formula is C21H21N5O2S. The highest BCUT2D eigenvalue weighted by Gasteiger charge is 2.20. The molecule has 8 heteroatoms. The molecule has 0 aliphatic heterocycles. The van der Waals surface area contributed by atoms with Gasteiger partial charge in [-0.3, -0.25) is 4.79 Å². The molecule has 3 heterocycles. The lowest BCUT2D eigenvalue weighted by molar-refractivity contribution is 0.102. The number of amides is 1. The van der Waals surface area contributed by atoms with Crippen molar-refractivity contribution in [1.82, 2.24) is 19.7 Å². The van der Waals surface area contributed by atoms with E-state index in [0.717, 1.165) is 15.7 Å². The largest absolute Gasteiger partial charge is 0.336 e. The van der Waals surface area contributed by atoms with Gasteiger partial charge in [-0.2, -0.15) is 0 Å². The number of imidazole rings is 1. The second-order valence-corrected chi connectivity index (χ2v) is 8.14. The van der Waals surface area contributed by atoms with E-state index < -0.39 is 0 Å². The molecule has 1 aromatic carbocycles. The van der Waals surface area contributed by atoms with E-state index in [1.54, 1.807) is 18.0 Å². The number of aromatic nitrogens is 4. The Morgan fingerprint density at radius 2 is 2.00 bits per heavy atom. The van der Waals surface area contributed by atoms with Crippen molar-refractivity contribution in [3.05, 3.63) is 59.7 Å². The van der Waals surface area contributed by atoms with E-state index in [-0.39, 0.29) is 11.8 Å². The quantitative estimate of drug-likeness (QED) is 0.512. The van der Waals surface area contributed by atoms with Crippen molar-refractivity contribution in [2.75, 3.05) is 5.32 Å². The summed E-state index contributed by atoms with van der Waals surface area (Å²) in [6.45, 7) is 5.86. The Kier molecular flexibility index (Phi) is 5.10. The molecule has 1 amide bonds. The van der Waals surface area contributed by atoms with Crippen molar-refractivity contribution in [3.63, 3.8) is 0 Å². The Balaban J connectivity index is 1.58. The molecule has 1 N–H and O–H groups in total. The van der Waals surface area contributed by atoms with E-state index in [1.165, 1.54) is 0 Å². The zero-order valence-electron chi connectivity index (χ0n) is 16.6. The molecule has 0 aliphatic carbocycles. The van der Waals surface area contributed by atoms with Crippen LogP contribution in [0.25, 0.3) is 11.1 Å². The molecule has 7 nitrogen and oxygen atoms in total. The van der Waals surface area contributed by atoms with E-state index in [2.05, 4.69) is 20.4 Å². The third-order valence-corrected chi connectivity index (χ3v) is 5.66. The van der Waals surface area contributed by atoms with E-state index in [4.69, 9.17) is 4.52 Å². The van der Waals surface area contributed by atoms with Gasteiger partial charge in [-0.05, 0) is 43.2 Å². The van der Waals surface area contributed by atoms with E-state index in [0.29, 0.717) is 28.0 Å². The maximum absolute atomic E-state index is 13.0. The van der Waals surface area contributed by atoms with Crippen LogP contribution >= 0.6 is 11.8 Å². The number of nitrogens with one attached hydrogen (secondary N) is 1. The van der Waals surface area contributed by atoms with Crippen LogP contribution in [0.2, 0.25) is 0 Å². The Morgan fingerprint density at radius 3 is 2.66 bits per heavy atom. The smallest absolute Gasteiger partial charge is 0.259 e. The van der Waals surface area contributed by atoms with E-state index in [1.807, 2.05) is 68.9 Å². The molecule has 0 atom stereocenters. The maximum atomic E-state index is 13.0. The fourth-order valence-electron chi connectivity index (χ4n) is 2.95. The minimum absolute atomic E-state index is 0.166. The van der Waals surface area contributed by atoms with Gasteiger partial charge >= 0.3 is 0 Å². The first-order valence-corrected chi connectivity index (χ1v) is 10.1. The molecule has 148 valence electrons. The number of benzene rings is 1. The summed E-state index contributed by atoms with van der Waals surface area (Å²) in [6.07, 6.45) is 3.68. The molecule has 4 aromatic rings. The summed E-state index contributed by atoms with van der Waals surface area (Å²) < 4.78 is 7.27. The monoisotopic (exact) mass is 407 g/mol. The number of aryl methyl sites for hydroxylation is 2. The van der Waals surface area contributed by atoms with Crippen LogP contribution in [-0.2, 0) is 7.05 Å². The summed E-state index contributed by atoms with van der Waals surface area (Å²) in [4.78, 5) is 22.8. The lowest BCUT2D eigenvalue weighted by Crippen LogP contribution is -2.13. The molecule has 0 radical (unpaired) electrons. The predicted molar refractivity (Wildman–Crippen MR) is 112 cm³/mol. The van der Waals surface area contributed by atoms with Gasteiger partial charge in [0, 0.05) is 35.7 Å².